The number of Topliss-reactive ketones (excluding diaryl/α,β-unsaturated/α-hetero) is 2. The number of ketones is 4. The van der Waals surface area contributed by atoms with E-state index in [-0.39, 0.29) is 39.5 Å². The van der Waals surface area contributed by atoms with Crippen LogP contribution in [0.4, 0.5) is 0 Å². The Labute approximate surface area is 198 Å². The van der Waals surface area contributed by atoms with Crippen molar-refractivity contribution < 1.29 is 19.2 Å². The van der Waals surface area contributed by atoms with Crippen LogP contribution in [0.2, 0.25) is 0 Å². The van der Waals surface area contributed by atoms with Crippen LogP contribution in [-0.2, 0) is 19.2 Å². The molecular weight excluding hydrogens is 412 g/mol. The van der Waals surface area contributed by atoms with E-state index in [2.05, 4.69) is 27.7 Å². The van der Waals surface area contributed by atoms with E-state index in [0.29, 0.717) is 30.1 Å². The van der Waals surface area contributed by atoms with Gasteiger partial charge in [0, 0.05) is 29.2 Å². The van der Waals surface area contributed by atoms with Crippen molar-refractivity contribution in [2.75, 3.05) is 0 Å². The number of hydrogen-bond donors (Lipinski definition) is 0. The Hall–Kier alpha value is -2.36. The second-order valence-corrected chi connectivity index (χ2v) is 11.4. The first kappa shape index (κ1) is 25.3. The van der Waals surface area contributed by atoms with Crippen molar-refractivity contribution in [1.29, 1.82) is 0 Å². The Morgan fingerprint density at radius 2 is 1.58 bits per heavy atom. The number of hydrogen-bond acceptors (Lipinski definition) is 4. The Balaban J connectivity index is 1.90. The predicted octanol–water partition coefficient (Wildman–Crippen LogP) is 5.92. The molecule has 0 heterocycles. The molecular formula is C29H38O4. The zero-order valence-corrected chi connectivity index (χ0v) is 21.2. The van der Waals surface area contributed by atoms with Gasteiger partial charge >= 0.3 is 0 Å². The Morgan fingerprint density at radius 3 is 2.21 bits per heavy atom. The fraction of sp³-hybridized carbons (Fsp3) is 0.586. The van der Waals surface area contributed by atoms with E-state index in [4.69, 9.17) is 0 Å². The van der Waals surface area contributed by atoms with Crippen molar-refractivity contribution in [1.82, 2.24) is 0 Å². The highest BCUT2D eigenvalue weighted by atomic mass is 16.1. The summed E-state index contributed by atoms with van der Waals surface area (Å²) >= 11 is 0. The Bertz CT molecular complexity index is 1020. The molecule has 3 aliphatic rings. The average molecular weight is 451 g/mol. The lowest BCUT2D eigenvalue weighted by atomic mass is 9.43. The smallest absolute Gasteiger partial charge is 0.181 e. The molecule has 4 heteroatoms. The molecule has 4 atom stereocenters. The third-order valence-electron chi connectivity index (χ3n) is 8.98. The highest BCUT2D eigenvalue weighted by Crippen LogP contribution is 2.68. The highest BCUT2D eigenvalue weighted by Gasteiger charge is 2.64. The minimum absolute atomic E-state index is 0.0161. The van der Waals surface area contributed by atoms with Crippen LogP contribution in [0.15, 0.2) is 47.1 Å². The second-order valence-electron chi connectivity index (χ2n) is 11.4. The van der Waals surface area contributed by atoms with E-state index in [1.807, 2.05) is 19.1 Å². The van der Waals surface area contributed by atoms with Gasteiger partial charge in [-0.25, -0.2) is 0 Å². The number of allylic oxidation sites excluding steroid dienone is 8. The van der Waals surface area contributed by atoms with Gasteiger partial charge in [0.25, 0.3) is 0 Å². The van der Waals surface area contributed by atoms with E-state index in [1.54, 1.807) is 13.0 Å². The van der Waals surface area contributed by atoms with E-state index in [9.17, 15) is 19.2 Å². The number of fused-ring (bicyclic) bond motifs is 3. The molecule has 3 rings (SSSR count). The van der Waals surface area contributed by atoms with E-state index in [0.717, 1.165) is 30.4 Å². The van der Waals surface area contributed by atoms with Gasteiger partial charge < -0.3 is 0 Å². The zero-order chi connectivity index (χ0) is 24.8. The SMILES string of the molecule is CC(=O)/C=C/C(=O)/C(C)=C/C=C/C(C)=C1/C(=O)C[C@H]2[C@@]3(C)CCC(=O)C(C)(C)C3CC[C@]12C. The summed E-state index contributed by atoms with van der Waals surface area (Å²) in [6.45, 7) is 13.9. The Kier molecular flexibility index (Phi) is 6.72. The molecule has 0 N–H and O–H groups in total. The lowest BCUT2D eigenvalue weighted by molar-refractivity contribution is -0.154. The summed E-state index contributed by atoms with van der Waals surface area (Å²) in [5, 5.41) is 0. The molecule has 178 valence electrons. The van der Waals surface area contributed by atoms with Crippen molar-refractivity contribution in [2.24, 2.45) is 28.1 Å². The normalized spacial score (nSPS) is 35.7. The molecule has 0 spiro atoms. The second kappa shape index (κ2) is 8.77. The van der Waals surface area contributed by atoms with Crippen LogP contribution >= 0.6 is 0 Å². The topological polar surface area (TPSA) is 68.3 Å². The monoisotopic (exact) mass is 450 g/mol. The molecule has 0 amide bonds. The summed E-state index contributed by atoms with van der Waals surface area (Å²) in [5.74, 6) is 0.781. The van der Waals surface area contributed by atoms with Gasteiger partial charge in [-0.2, -0.15) is 0 Å². The minimum Gasteiger partial charge on any atom is -0.299 e. The van der Waals surface area contributed by atoms with Crippen LogP contribution in [0.5, 0.6) is 0 Å². The van der Waals surface area contributed by atoms with Crippen molar-refractivity contribution in [3.63, 3.8) is 0 Å². The molecule has 1 unspecified atom stereocenters. The third-order valence-corrected chi connectivity index (χ3v) is 8.98. The Morgan fingerprint density at radius 1 is 0.909 bits per heavy atom. The van der Waals surface area contributed by atoms with Gasteiger partial charge in [-0.1, -0.05) is 45.9 Å². The maximum absolute atomic E-state index is 13.3. The first-order chi connectivity index (χ1) is 15.2. The van der Waals surface area contributed by atoms with Crippen LogP contribution < -0.4 is 0 Å². The van der Waals surface area contributed by atoms with Gasteiger partial charge in [0.2, 0.25) is 0 Å². The fourth-order valence-corrected chi connectivity index (χ4v) is 7.21. The number of rotatable bonds is 5. The lowest BCUT2D eigenvalue weighted by Gasteiger charge is -2.60. The quantitative estimate of drug-likeness (QED) is 0.385. The molecule has 4 nitrogen and oxygen atoms in total. The molecule has 0 radical (unpaired) electrons. The average Bonchev–Trinajstić information content (AvgIpc) is 3.00. The summed E-state index contributed by atoms with van der Waals surface area (Å²) in [6.07, 6.45) is 11.9. The molecule has 0 saturated heterocycles. The summed E-state index contributed by atoms with van der Waals surface area (Å²) in [5.41, 5.74) is 1.88. The number of carbonyl (C=O) groups excluding carboxylic acids is 4. The summed E-state index contributed by atoms with van der Waals surface area (Å²) < 4.78 is 0. The van der Waals surface area contributed by atoms with Crippen LogP contribution in [0, 0.1) is 28.1 Å². The van der Waals surface area contributed by atoms with Gasteiger partial charge in [0.15, 0.2) is 17.3 Å². The van der Waals surface area contributed by atoms with Crippen LogP contribution in [-0.4, -0.2) is 23.1 Å². The molecule has 0 aromatic carbocycles. The highest BCUT2D eigenvalue weighted by molar-refractivity contribution is 6.07. The molecule has 3 aliphatic carbocycles. The minimum atomic E-state index is -0.329. The summed E-state index contributed by atoms with van der Waals surface area (Å²) in [7, 11) is 0. The summed E-state index contributed by atoms with van der Waals surface area (Å²) in [6, 6.07) is 0. The van der Waals surface area contributed by atoms with E-state index in [1.165, 1.54) is 19.1 Å². The molecule has 3 fully saturated rings. The molecule has 0 aromatic heterocycles. The predicted molar refractivity (Wildman–Crippen MR) is 130 cm³/mol. The summed E-state index contributed by atoms with van der Waals surface area (Å²) in [4.78, 5) is 49.1. The van der Waals surface area contributed by atoms with Gasteiger partial charge in [0.05, 0.1) is 0 Å². The largest absolute Gasteiger partial charge is 0.299 e. The van der Waals surface area contributed by atoms with Crippen LogP contribution in [0.25, 0.3) is 0 Å². The molecule has 0 aromatic rings. The van der Waals surface area contributed by atoms with Crippen LogP contribution in [0.3, 0.4) is 0 Å². The van der Waals surface area contributed by atoms with Crippen molar-refractivity contribution in [3.05, 3.63) is 47.1 Å². The molecule has 33 heavy (non-hydrogen) atoms. The third kappa shape index (κ3) is 4.29. The van der Waals surface area contributed by atoms with Gasteiger partial charge in [-0.05, 0) is 80.6 Å². The van der Waals surface area contributed by atoms with Crippen molar-refractivity contribution >= 4 is 23.1 Å². The number of carbonyl (C=O) groups is 4. The van der Waals surface area contributed by atoms with E-state index >= 15 is 0 Å². The van der Waals surface area contributed by atoms with Gasteiger partial charge in [-0.15, -0.1) is 0 Å². The molecule has 0 aliphatic heterocycles. The first-order valence-electron chi connectivity index (χ1n) is 12.1. The van der Waals surface area contributed by atoms with Gasteiger partial charge in [0.1, 0.15) is 5.78 Å². The van der Waals surface area contributed by atoms with Crippen molar-refractivity contribution in [2.45, 2.75) is 80.6 Å². The first-order valence-corrected chi connectivity index (χ1v) is 12.1. The maximum Gasteiger partial charge on any atom is 0.181 e. The lowest BCUT2D eigenvalue weighted by Crippen LogP contribution is -2.56. The fourth-order valence-electron chi connectivity index (χ4n) is 7.21. The van der Waals surface area contributed by atoms with Crippen LogP contribution in [0.1, 0.15) is 80.6 Å². The van der Waals surface area contributed by atoms with Gasteiger partial charge in [-0.3, -0.25) is 19.2 Å². The van der Waals surface area contributed by atoms with E-state index < -0.39 is 0 Å². The maximum atomic E-state index is 13.3. The standard InChI is InChI=1S/C29H38O4/c1-18(21(31)12-11-20(3)30)9-8-10-19(2)26-22(32)17-24-28(6)16-14-25(33)27(4,5)23(28)13-15-29(24,26)7/h8-12,23-24H,13-17H2,1-7H3/b10-8+,12-11+,18-9+,26-19-/t23?,24-,28-,29-/m0/s1. The van der Waals surface area contributed by atoms with Crippen molar-refractivity contribution in [3.8, 4) is 0 Å². The molecule has 0 bridgehead atoms. The molecule has 3 saturated carbocycles. The zero-order valence-electron chi connectivity index (χ0n) is 21.2.